The van der Waals surface area contributed by atoms with Crippen LogP contribution in [-0.2, 0) is 59.0 Å². The molecule has 0 aromatic heterocycles. The second-order valence-electron chi connectivity index (χ2n) is 11.7. The molecule has 0 unspecified atom stereocenters. The Morgan fingerprint density at radius 2 is 1.11 bits per heavy atom. The van der Waals surface area contributed by atoms with E-state index < -0.39 is 115 Å². The number of anilines is 3. The number of nitrogens with zero attached hydrogens (tertiary/aromatic N) is 5. The second kappa shape index (κ2) is 25.6. The standard InChI is InChI=1S/C31H33N7O16S5.CH4.3Na/c32-28-26(36-34-23-10-12-25(13-11-23)56(42,43)19-16-54-59(50,51)52)20-27(57(44,45)46)29(33)30(28)37-35-22-8-6-21(7-9-22)31(39)38(24-4-2-1-3-5-24)14-17-55(40,41)18-15-53-58(47,48)49;;;;/h1-13,20H,14-19,32-33H2,(H,44,45,46)(H,47,48,49)(H,50,51,52);1H4;;;/q;;3*+1/p-3. The van der Waals surface area contributed by atoms with Gasteiger partial charge in [-0.1, -0.05) is 25.6 Å². The van der Waals surface area contributed by atoms with Gasteiger partial charge in [-0.3, -0.25) is 13.2 Å². The molecule has 63 heavy (non-hydrogen) atoms. The van der Waals surface area contributed by atoms with Crippen LogP contribution in [0.15, 0.2) is 115 Å². The molecule has 0 saturated carbocycles. The Bertz CT molecular complexity index is 2820. The molecule has 4 rings (SSSR count). The normalized spacial score (nSPS) is 12.1. The van der Waals surface area contributed by atoms with Gasteiger partial charge in [-0.25, -0.2) is 42.1 Å². The summed E-state index contributed by atoms with van der Waals surface area (Å²) in [4.78, 5) is 13.5. The number of hydrogen-bond donors (Lipinski definition) is 2. The van der Waals surface area contributed by atoms with E-state index in [4.69, 9.17) is 11.5 Å². The van der Waals surface area contributed by atoms with Crippen molar-refractivity contribution in [3.05, 3.63) is 90.5 Å². The second-order valence-corrected chi connectivity index (χ2v) is 19.6. The van der Waals surface area contributed by atoms with Crippen molar-refractivity contribution < 1.29 is 158 Å². The molecule has 4 aromatic rings. The number of nitrogen functional groups attached to an aromatic ring is 2. The van der Waals surface area contributed by atoms with Crippen LogP contribution in [0.5, 0.6) is 0 Å². The molecule has 0 radical (unpaired) electrons. The first kappa shape index (κ1) is 60.7. The molecular weight excluding hydrogens is 968 g/mol. The average Bonchev–Trinajstić information content (AvgIpc) is 3.13. The van der Waals surface area contributed by atoms with Crippen LogP contribution in [0.3, 0.4) is 0 Å². The van der Waals surface area contributed by atoms with E-state index >= 15 is 0 Å². The van der Waals surface area contributed by atoms with E-state index in [0.29, 0.717) is 5.69 Å². The molecule has 0 fully saturated rings. The molecule has 0 heterocycles. The fourth-order valence-electron chi connectivity index (χ4n) is 4.74. The van der Waals surface area contributed by atoms with Gasteiger partial charge in [0.2, 0.25) is 20.8 Å². The Morgan fingerprint density at radius 1 is 0.619 bits per heavy atom. The van der Waals surface area contributed by atoms with Crippen molar-refractivity contribution in [3.63, 3.8) is 0 Å². The number of nitrogens with two attached hydrogens (primary N) is 2. The van der Waals surface area contributed by atoms with Crippen molar-refractivity contribution >= 4 is 96.3 Å². The molecule has 0 atom stereocenters. The van der Waals surface area contributed by atoms with Gasteiger partial charge in [-0.2, -0.15) is 10.2 Å². The summed E-state index contributed by atoms with van der Waals surface area (Å²) in [5.74, 6) is -2.93. The van der Waals surface area contributed by atoms with Crippen LogP contribution in [0.2, 0.25) is 0 Å². The minimum Gasteiger partial charge on any atom is -0.744 e. The maximum atomic E-state index is 13.6. The van der Waals surface area contributed by atoms with Crippen molar-refractivity contribution in [2.45, 2.75) is 17.2 Å². The SMILES string of the molecule is C.Nc1c(N=Nc2ccc(S(=O)(=O)CCOS(=O)(=O)[O-])cc2)cc(S(=O)(=O)[O-])c(N)c1N=Nc1ccc(C(=O)N(CCS(=O)(=O)CCOS(=O)(=O)[O-])c2ccccc2)cc1.[Na+].[Na+].[Na+]. The Hall–Kier alpha value is -2.30. The molecular formula is C32H34N7Na3O16S5. The fourth-order valence-corrected chi connectivity index (χ4v) is 8.24. The Kier molecular flexibility index (Phi) is 24.6. The predicted octanol–water partition coefficient (Wildman–Crippen LogP) is -5.98. The number of benzene rings is 4. The third-order valence-corrected chi connectivity index (χ3v) is 12.7. The molecule has 326 valence electrons. The minimum absolute atomic E-state index is 0. The molecule has 0 aliphatic rings. The number of sulfone groups is 2. The minimum atomic E-state index is -5.26. The van der Waals surface area contributed by atoms with Gasteiger partial charge in [0, 0.05) is 17.8 Å². The number of azo groups is 2. The summed E-state index contributed by atoms with van der Waals surface area (Å²) in [7, 11) is -23.6. The monoisotopic (exact) mass is 1000 g/mol. The van der Waals surface area contributed by atoms with Gasteiger partial charge in [0.05, 0.1) is 63.0 Å². The average molecular weight is 1000 g/mol. The molecule has 23 nitrogen and oxygen atoms in total. The smallest absolute Gasteiger partial charge is 0.744 e. The summed E-state index contributed by atoms with van der Waals surface area (Å²) in [5.41, 5.74) is 10.5. The van der Waals surface area contributed by atoms with E-state index in [9.17, 15) is 60.5 Å². The Labute approximate surface area is 430 Å². The van der Waals surface area contributed by atoms with E-state index in [0.717, 1.165) is 23.1 Å². The zero-order valence-electron chi connectivity index (χ0n) is 32.8. The maximum absolute atomic E-state index is 13.6. The van der Waals surface area contributed by atoms with Gasteiger partial charge in [-0.05, 0) is 66.7 Å². The molecule has 0 saturated heterocycles. The largest absolute Gasteiger partial charge is 1.00 e. The summed E-state index contributed by atoms with van der Waals surface area (Å²) in [5, 5.41) is 15.6. The van der Waals surface area contributed by atoms with Crippen LogP contribution >= 0.6 is 0 Å². The van der Waals surface area contributed by atoms with Gasteiger partial charge in [-0.15, -0.1) is 10.2 Å². The van der Waals surface area contributed by atoms with Crippen LogP contribution in [0, 0.1) is 0 Å². The van der Waals surface area contributed by atoms with Crippen molar-refractivity contribution in [3.8, 4) is 0 Å². The molecule has 31 heteroatoms. The first-order chi connectivity index (χ1) is 27.4. The number of amides is 1. The van der Waals surface area contributed by atoms with Gasteiger partial charge < -0.3 is 30.0 Å². The predicted molar refractivity (Wildman–Crippen MR) is 211 cm³/mol. The van der Waals surface area contributed by atoms with Gasteiger partial charge >= 0.3 is 88.7 Å². The molecule has 4 aromatic carbocycles. The molecule has 4 N–H and O–H groups in total. The number of rotatable bonds is 19. The molecule has 0 aliphatic heterocycles. The number of hydrogen-bond acceptors (Lipinski definition) is 22. The van der Waals surface area contributed by atoms with E-state index in [2.05, 4.69) is 28.8 Å². The Morgan fingerprint density at radius 3 is 1.62 bits per heavy atom. The van der Waals surface area contributed by atoms with Crippen molar-refractivity contribution in [1.29, 1.82) is 0 Å². The third-order valence-electron chi connectivity index (χ3n) is 7.58. The summed E-state index contributed by atoms with van der Waals surface area (Å²) in [6.07, 6.45) is 0. The van der Waals surface area contributed by atoms with Crippen molar-refractivity contribution in [1.82, 2.24) is 0 Å². The summed E-state index contributed by atoms with van der Waals surface area (Å²) >= 11 is 0. The van der Waals surface area contributed by atoms with Crippen LogP contribution in [-0.4, -0.2) is 98.7 Å². The molecule has 0 bridgehead atoms. The zero-order chi connectivity index (χ0) is 43.8. The quantitative estimate of drug-likeness (QED) is 0.0290. The van der Waals surface area contributed by atoms with Crippen molar-refractivity contribution in [2.75, 3.05) is 53.4 Å². The summed E-state index contributed by atoms with van der Waals surface area (Å²) < 4.78 is 158. The maximum Gasteiger partial charge on any atom is 1.00 e. The van der Waals surface area contributed by atoms with E-state index in [1.165, 1.54) is 36.4 Å². The van der Waals surface area contributed by atoms with Crippen LogP contribution < -0.4 is 105 Å². The Balaban J connectivity index is 0.00000961. The number of para-hydroxylation sites is 1. The van der Waals surface area contributed by atoms with Crippen molar-refractivity contribution in [2.24, 2.45) is 20.5 Å². The molecule has 1 amide bonds. The molecule has 0 spiro atoms. The van der Waals surface area contributed by atoms with Crippen LogP contribution in [0.1, 0.15) is 17.8 Å². The van der Waals surface area contributed by atoms with Gasteiger partial charge in [0.15, 0.2) is 19.7 Å². The van der Waals surface area contributed by atoms with Gasteiger partial charge in [0.1, 0.15) is 21.5 Å². The summed E-state index contributed by atoms with van der Waals surface area (Å²) in [6, 6.07) is 18.4. The molecule has 0 aliphatic carbocycles. The van der Waals surface area contributed by atoms with E-state index in [1.807, 2.05) is 0 Å². The summed E-state index contributed by atoms with van der Waals surface area (Å²) in [6.45, 7) is -2.20. The van der Waals surface area contributed by atoms with E-state index in [-0.39, 0.29) is 124 Å². The number of carbonyl (C=O) groups excluding carboxylic acids is 1. The fraction of sp³-hybridized carbons (Fsp3) is 0.219. The van der Waals surface area contributed by atoms with E-state index in [1.54, 1.807) is 30.3 Å². The first-order valence-electron chi connectivity index (χ1n) is 16.1. The van der Waals surface area contributed by atoms with Crippen LogP contribution in [0.4, 0.5) is 39.8 Å². The van der Waals surface area contributed by atoms with Gasteiger partial charge in [0.25, 0.3) is 5.91 Å². The van der Waals surface area contributed by atoms with Crippen LogP contribution in [0.25, 0.3) is 0 Å². The zero-order valence-corrected chi connectivity index (χ0v) is 42.9. The first-order valence-corrected chi connectivity index (χ1v) is 23.6. The topological polar surface area (TPSA) is 380 Å². The third kappa shape index (κ3) is 19.2. The number of carbonyl (C=O) groups is 1.